The monoisotopic (exact) mass is 358 g/mol. The van der Waals surface area contributed by atoms with Crippen LogP contribution < -0.4 is 5.32 Å². The Hall–Kier alpha value is -2.44. The van der Waals surface area contributed by atoms with E-state index in [4.69, 9.17) is 4.52 Å². The van der Waals surface area contributed by atoms with Crippen molar-refractivity contribution < 1.29 is 13.7 Å². The van der Waals surface area contributed by atoms with Gasteiger partial charge in [0.1, 0.15) is 5.82 Å². The van der Waals surface area contributed by atoms with Gasteiger partial charge in [0.25, 0.3) is 0 Å². The maximum atomic E-state index is 12.9. The first-order valence-electron chi connectivity index (χ1n) is 9.27. The molecule has 0 radical (unpaired) electrons. The third-order valence-corrected chi connectivity index (χ3v) is 5.05. The zero-order valence-electron chi connectivity index (χ0n) is 14.7. The molecule has 2 aliphatic rings. The van der Waals surface area contributed by atoms with Gasteiger partial charge in [0.2, 0.25) is 5.89 Å². The molecule has 4 rings (SSSR count). The molecule has 1 saturated heterocycles. The zero-order valence-corrected chi connectivity index (χ0v) is 14.7. The summed E-state index contributed by atoms with van der Waals surface area (Å²) in [4.78, 5) is 18.8. The van der Waals surface area contributed by atoms with E-state index in [0.717, 1.165) is 50.0 Å². The fourth-order valence-corrected chi connectivity index (χ4v) is 3.41. The average molecular weight is 358 g/mol. The van der Waals surface area contributed by atoms with Gasteiger partial charge in [-0.05, 0) is 49.3 Å². The van der Waals surface area contributed by atoms with Crippen LogP contribution in [0.4, 0.5) is 9.18 Å². The summed E-state index contributed by atoms with van der Waals surface area (Å²) in [6.45, 7) is 1.84. The third kappa shape index (κ3) is 4.20. The van der Waals surface area contributed by atoms with Gasteiger partial charge < -0.3 is 14.7 Å². The number of amides is 2. The fourth-order valence-electron chi connectivity index (χ4n) is 3.41. The normalized spacial score (nSPS) is 20.2. The molecule has 1 unspecified atom stereocenters. The van der Waals surface area contributed by atoms with E-state index >= 15 is 0 Å². The second-order valence-electron chi connectivity index (χ2n) is 7.26. The van der Waals surface area contributed by atoms with Crippen LogP contribution in [-0.4, -0.2) is 34.2 Å². The molecule has 0 bridgehead atoms. The zero-order chi connectivity index (χ0) is 17.9. The molecule has 1 atom stereocenters. The number of nitrogens with one attached hydrogen (secondary N) is 1. The van der Waals surface area contributed by atoms with Gasteiger partial charge >= 0.3 is 6.03 Å². The molecule has 2 aromatic rings. The summed E-state index contributed by atoms with van der Waals surface area (Å²) in [5.41, 5.74) is 0.881. The quantitative estimate of drug-likeness (QED) is 0.891. The van der Waals surface area contributed by atoms with Gasteiger partial charge in [-0.25, -0.2) is 9.18 Å². The maximum Gasteiger partial charge on any atom is 0.317 e. The minimum Gasteiger partial charge on any atom is -0.339 e. The van der Waals surface area contributed by atoms with Crippen molar-refractivity contribution >= 4 is 6.03 Å². The summed E-state index contributed by atoms with van der Waals surface area (Å²) >= 11 is 0. The van der Waals surface area contributed by atoms with Gasteiger partial charge in [-0.1, -0.05) is 17.3 Å². The Balaban J connectivity index is 1.27. The van der Waals surface area contributed by atoms with Gasteiger partial charge in [-0.2, -0.15) is 4.98 Å². The number of urea groups is 1. The second kappa shape index (κ2) is 7.43. The Morgan fingerprint density at radius 2 is 2.08 bits per heavy atom. The van der Waals surface area contributed by atoms with Gasteiger partial charge in [0.15, 0.2) is 5.82 Å². The number of carbonyl (C=O) groups is 1. The Morgan fingerprint density at radius 1 is 1.27 bits per heavy atom. The van der Waals surface area contributed by atoms with Crippen LogP contribution in [0.1, 0.15) is 48.9 Å². The Labute approximate surface area is 151 Å². The first-order valence-corrected chi connectivity index (χ1v) is 9.27. The summed E-state index contributed by atoms with van der Waals surface area (Å²) in [5, 5.41) is 6.97. The van der Waals surface area contributed by atoms with E-state index in [2.05, 4.69) is 15.5 Å². The number of aromatic nitrogens is 2. The summed E-state index contributed by atoms with van der Waals surface area (Å²) in [6, 6.07) is 6.09. The topological polar surface area (TPSA) is 71.3 Å². The lowest BCUT2D eigenvalue weighted by atomic mass is 9.95. The molecule has 2 fully saturated rings. The van der Waals surface area contributed by atoms with Gasteiger partial charge in [-0.3, -0.25) is 0 Å². The lowest BCUT2D eigenvalue weighted by Crippen LogP contribution is -2.45. The number of nitrogens with zero attached hydrogens (tertiary/aromatic N) is 3. The minimum absolute atomic E-state index is 0.0803. The molecule has 0 spiro atoms. The molecule has 2 amide bonds. The number of benzene rings is 1. The van der Waals surface area contributed by atoms with Crippen LogP contribution in [-0.2, 0) is 13.0 Å². The third-order valence-electron chi connectivity index (χ3n) is 5.05. The predicted molar refractivity (Wildman–Crippen MR) is 92.9 cm³/mol. The number of hydrogen-bond acceptors (Lipinski definition) is 4. The van der Waals surface area contributed by atoms with Crippen LogP contribution in [0.2, 0.25) is 0 Å². The highest BCUT2D eigenvalue weighted by atomic mass is 19.1. The van der Waals surface area contributed by atoms with E-state index < -0.39 is 0 Å². The minimum atomic E-state index is -0.273. The van der Waals surface area contributed by atoms with Crippen LogP contribution in [0.25, 0.3) is 0 Å². The molecule has 138 valence electrons. The van der Waals surface area contributed by atoms with Crippen molar-refractivity contribution in [3.63, 3.8) is 0 Å². The predicted octanol–water partition coefficient (Wildman–Crippen LogP) is 3.25. The fraction of sp³-hybridized carbons (Fsp3) is 0.526. The summed E-state index contributed by atoms with van der Waals surface area (Å²) in [6.07, 6.45) is 5.07. The first-order chi connectivity index (χ1) is 12.7. The van der Waals surface area contributed by atoms with Crippen LogP contribution in [0.3, 0.4) is 0 Å². The standard InChI is InChI=1S/C19H23FN4O2/c20-16-7-3-13(4-8-16)11-21-19(25)24-9-1-2-14(12-24)10-17-22-18(23-26-17)15-5-6-15/h3-4,7-8,14-15H,1-2,5-6,9-12H2,(H,21,25). The lowest BCUT2D eigenvalue weighted by molar-refractivity contribution is 0.161. The summed E-state index contributed by atoms with van der Waals surface area (Å²) in [5.74, 6) is 2.08. The molecular formula is C19H23FN4O2. The summed E-state index contributed by atoms with van der Waals surface area (Å²) < 4.78 is 18.3. The van der Waals surface area contributed by atoms with Crippen LogP contribution in [0.5, 0.6) is 0 Å². The smallest absolute Gasteiger partial charge is 0.317 e. The van der Waals surface area contributed by atoms with Crippen molar-refractivity contribution in [1.29, 1.82) is 0 Å². The van der Waals surface area contributed by atoms with Crippen molar-refractivity contribution in [3.8, 4) is 0 Å². The highest BCUT2D eigenvalue weighted by Crippen LogP contribution is 2.38. The van der Waals surface area contributed by atoms with Crippen molar-refractivity contribution in [3.05, 3.63) is 47.4 Å². The molecule has 6 nitrogen and oxygen atoms in total. The molecule has 1 aliphatic heterocycles. The van der Waals surface area contributed by atoms with Gasteiger partial charge in [-0.15, -0.1) is 0 Å². The van der Waals surface area contributed by atoms with Crippen molar-refractivity contribution in [2.75, 3.05) is 13.1 Å². The van der Waals surface area contributed by atoms with Gasteiger partial charge in [0.05, 0.1) is 0 Å². The highest BCUT2D eigenvalue weighted by Gasteiger charge is 2.30. The highest BCUT2D eigenvalue weighted by molar-refractivity contribution is 5.74. The Bertz CT molecular complexity index is 757. The van der Waals surface area contributed by atoms with Crippen molar-refractivity contribution in [2.45, 2.75) is 44.6 Å². The number of hydrogen-bond donors (Lipinski definition) is 1. The van der Waals surface area contributed by atoms with Crippen molar-refractivity contribution in [1.82, 2.24) is 20.4 Å². The van der Waals surface area contributed by atoms with Crippen LogP contribution in [0.15, 0.2) is 28.8 Å². The van der Waals surface area contributed by atoms with Crippen LogP contribution >= 0.6 is 0 Å². The van der Waals surface area contributed by atoms with E-state index in [1.54, 1.807) is 12.1 Å². The molecular weight excluding hydrogens is 335 g/mol. The molecule has 1 aromatic carbocycles. The number of carbonyl (C=O) groups excluding carboxylic acids is 1. The average Bonchev–Trinajstić information content (AvgIpc) is 3.41. The number of likely N-dealkylation sites (tertiary alicyclic amines) is 1. The largest absolute Gasteiger partial charge is 0.339 e. The van der Waals surface area contributed by atoms with E-state index in [0.29, 0.717) is 30.8 Å². The number of piperidine rings is 1. The number of rotatable bonds is 5. The van der Waals surface area contributed by atoms with E-state index in [1.165, 1.54) is 12.1 Å². The lowest BCUT2D eigenvalue weighted by Gasteiger charge is -2.32. The Morgan fingerprint density at radius 3 is 2.85 bits per heavy atom. The summed E-state index contributed by atoms with van der Waals surface area (Å²) in [7, 11) is 0. The van der Waals surface area contributed by atoms with E-state index in [1.807, 2.05) is 4.90 Å². The molecule has 2 heterocycles. The van der Waals surface area contributed by atoms with Crippen molar-refractivity contribution in [2.24, 2.45) is 5.92 Å². The SMILES string of the molecule is O=C(NCc1ccc(F)cc1)N1CCCC(Cc2nc(C3CC3)no2)C1. The van der Waals surface area contributed by atoms with Gasteiger partial charge in [0, 0.05) is 32.0 Å². The molecule has 7 heteroatoms. The maximum absolute atomic E-state index is 12.9. The van der Waals surface area contributed by atoms with E-state index in [-0.39, 0.29) is 11.8 Å². The Kier molecular flexibility index (Phi) is 4.86. The van der Waals surface area contributed by atoms with Crippen LogP contribution in [0, 0.1) is 11.7 Å². The molecule has 1 saturated carbocycles. The molecule has 26 heavy (non-hydrogen) atoms. The molecule has 1 aromatic heterocycles. The number of halogens is 1. The second-order valence-corrected chi connectivity index (χ2v) is 7.26. The first kappa shape index (κ1) is 17.0. The van der Waals surface area contributed by atoms with E-state index in [9.17, 15) is 9.18 Å². The molecule has 1 N–H and O–H groups in total. The molecule has 1 aliphatic carbocycles.